The van der Waals surface area contributed by atoms with Crippen LogP contribution in [-0.4, -0.2) is 25.2 Å². The van der Waals surface area contributed by atoms with Crippen molar-refractivity contribution >= 4 is 5.91 Å². The summed E-state index contributed by atoms with van der Waals surface area (Å²) in [6.07, 6.45) is 3.41. The van der Waals surface area contributed by atoms with E-state index in [1.54, 1.807) is 0 Å². The molecule has 0 atom stereocenters. The fourth-order valence-corrected chi connectivity index (χ4v) is 1.82. The highest BCUT2D eigenvalue weighted by molar-refractivity contribution is 5.75. The molecule has 20 heavy (non-hydrogen) atoms. The third-order valence-corrected chi connectivity index (χ3v) is 3.04. The molecule has 3 N–H and O–H groups in total. The molecule has 0 saturated heterocycles. The van der Waals surface area contributed by atoms with Crippen molar-refractivity contribution in [3.05, 3.63) is 23.8 Å². The molecule has 0 aromatic heterocycles. The second kappa shape index (κ2) is 7.14. The van der Waals surface area contributed by atoms with Crippen molar-refractivity contribution in [3.8, 4) is 11.5 Å². The molecule has 0 unspecified atom stereocenters. The Kier molecular flexibility index (Phi) is 5.24. The molecule has 1 saturated carbocycles. The van der Waals surface area contributed by atoms with E-state index in [0.29, 0.717) is 18.4 Å². The largest absolute Gasteiger partial charge is 0.493 e. The first-order valence-electron chi connectivity index (χ1n) is 7.09. The normalized spacial score (nSPS) is 14.1. The predicted molar refractivity (Wildman–Crippen MR) is 76.8 cm³/mol. The van der Waals surface area contributed by atoms with Gasteiger partial charge in [0.05, 0.1) is 6.61 Å². The van der Waals surface area contributed by atoms with Gasteiger partial charge in [0.15, 0.2) is 6.61 Å². The smallest absolute Gasteiger partial charge is 0.255 e. The summed E-state index contributed by atoms with van der Waals surface area (Å²) < 4.78 is 11.1. The summed E-state index contributed by atoms with van der Waals surface area (Å²) in [4.78, 5) is 10.9. The Hall–Kier alpha value is -1.75. The average Bonchev–Trinajstić information content (AvgIpc) is 3.25. The SMILES string of the molecule is CCCOc1ccc(CNC2CC2)c(OCC(N)=O)c1. The van der Waals surface area contributed by atoms with Crippen LogP contribution in [0.3, 0.4) is 0 Å². The lowest BCUT2D eigenvalue weighted by molar-refractivity contribution is -0.119. The number of nitrogens with one attached hydrogen (secondary N) is 1. The molecule has 0 radical (unpaired) electrons. The minimum Gasteiger partial charge on any atom is -0.493 e. The fraction of sp³-hybridized carbons (Fsp3) is 0.533. The predicted octanol–water partition coefficient (Wildman–Crippen LogP) is 1.59. The van der Waals surface area contributed by atoms with Gasteiger partial charge < -0.3 is 20.5 Å². The monoisotopic (exact) mass is 278 g/mol. The fourth-order valence-electron chi connectivity index (χ4n) is 1.82. The first kappa shape index (κ1) is 14.7. The minimum atomic E-state index is -0.481. The topological polar surface area (TPSA) is 73.6 Å². The van der Waals surface area contributed by atoms with Gasteiger partial charge in [-0.2, -0.15) is 0 Å². The number of hydrogen-bond acceptors (Lipinski definition) is 4. The zero-order valence-corrected chi connectivity index (χ0v) is 11.9. The number of carbonyl (C=O) groups excluding carboxylic acids is 1. The van der Waals surface area contributed by atoms with Gasteiger partial charge in [-0.25, -0.2) is 0 Å². The van der Waals surface area contributed by atoms with Crippen LogP contribution < -0.4 is 20.5 Å². The van der Waals surface area contributed by atoms with Gasteiger partial charge in [0.1, 0.15) is 11.5 Å². The lowest BCUT2D eigenvalue weighted by Crippen LogP contribution is -2.21. The summed E-state index contributed by atoms with van der Waals surface area (Å²) in [5, 5.41) is 3.43. The van der Waals surface area contributed by atoms with Gasteiger partial charge in [-0.15, -0.1) is 0 Å². The lowest BCUT2D eigenvalue weighted by Gasteiger charge is -2.13. The Morgan fingerprint density at radius 2 is 2.20 bits per heavy atom. The van der Waals surface area contributed by atoms with Crippen LogP contribution in [0.2, 0.25) is 0 Å². The molecular formula is C15H22N2O3. The molecule has 5 heteroatoms. The zero-order chi connectivity index (χ0) is 14.4. The van der Waals surface area contributed by atoms with Crippen molar-refractivity contribution in [1.82, 2.24) is 5.32 Å². The van der Waals surface area contributed by atoms with Crippen molar-refractivity contribution < 1.29 is 14.3 Å². The molecule has 1 amide bonds. The average molecular weight is 278 g/mol. The standard InChI is InChI=1S/C15H22N2O3/c1-2-7-19-13-6-3-11(9-17-12-4-5-12)14(8-13)20-10-15(16)18/h3,6,8,12,17H,2,4-5,7,9-10H2,1H3,(H2,16,18). The van der Waals surface area contributed by atoms with E-state index in [9.17, 15) is 4.79 Å². The van der Waals surface area contributed by atoms with E-state index < -0.39 is 5.91 Å². The van der Waals surface area contributed by atoms with Crippen LogP contribution in [0.15, 0.2) is 18.2 Å². The first-order chi connectivity index (χ1) is 9.69. The Morgan fingerprint density at radius 3 is 2.85 bits per heavy atom. The van der Waals surface area contributed by atoms with E-state index in [4.69, 9.17) is 15.2 Å². The first-order valence-corrected chi connectivity index (χ1v) is 7.09. The molecule has 0 heterocycles. The highest BCUT2D eigenvalue weighted by Crippen LogP contribution is 2.27. The molecule has 1 aromatic rings. The second-order valence-corrected chi connectivity index (χ2v) is 5.03. The van der Waals surface area contributed by atoms with E-state index in [1.165, 1.54) is 12.8 Å². The third kappa shape index (κ3) is 4.74. The third-order valence-electron chi connectivity index (χ3n) is 3.04. The second-order valence-electron chi connectivity index (χ2n) is 5.03. The quantitative estimate of drug-likeness (QED) is 0.719. The number of carbonyl (C=O) groups is 1. The van der Waals surface area contributed by atoms with Crippen molar-refractivity contribution in [2.24, 2.45) is 5.73 Å². The summed E-state index contributed by atoms with van der Waals surface area (Å²) in [6.45, 7) is 3.33. The van der Waals surface area contributed by atoms with Crippen LogP contribution in [0.5, 0.6) is 11.5 Å². The van der Waals surface area contributed by atoms with Crippen molar-refractivity contribution in [2.75, 3.05) is 13.2 Å². The van der Waals surface area contributed by atoms with Crippen LogP contribution in [-0.2, 0) is 11.3 Å². The molecule has 0 aliphatic heterocycles. The zero-order valence-electron chi connectivity index (χ0n) is 11.9. The summed E-state index contributed by atoms with van der Waals surface area (Å²) in [5.74, 6) is 0.929. The molecule has 1 aromatic carbocycles. The van der Waals surface area contributed by atoms with Crippen LogP contribution in [0, 0.1) is 0 Å². The van der Waals surface area contributed by atoms with E-state index in [-0.39, 0.29) is 6.61 Å². The van der Waals surface area contributed by atoms with E-state index in [2.05, 4.69) is 12.2 Å². The van der Waals surface area contributed by atoms with Crippen LogP contribution >= 0.6 is 0 Å². The summed E-state index contributed by atoms with van der Waals surface area (Å²) in [7, 11) is 0. The maximum Gasteiger partial charge on any atom is 0.255 e. The Bertz CT molecular complexity index is 458. The maximum atomic E-state index is 10.9. The van der Waals surface area contributed by atoms with Gasteiger partial charge in [-0.05, 0) is 25.3 Å². The summed E-state index contributed by atoms with van der Waals surface area (Å²) >= 11 is 0. The number of amides is 1. The van der Waals surface area contributed by atoms with Gasteiger partial charge in [0.25, 0.3) is 5.91 Å². The molecule has 110 valence electrons. The Balaban J connectivity index is 2.03. The molecule has 0 spiro atoms. The molecule has 5 nitrogen and oxygen atoms in total. The molecular weight excluding hydrogens is 256 g/mol. The van der Waals surface area contributed by atoms with Gasteiger partial charge in [0.2, 0.25) is 0 Å². The number of primary amides is 1. The van der Waals surface area contributed by atoms with Crippen molar-refractivity contribution in [2.45, 2.75) is 38.8 Å². The van der Waals surface area contributed by atoms with Crippen LogP contribution in [0.4, 0.5) is 0 Å². The van der Waals surface area contributed by atoms with Gasteiger partial charge in [0, 0.05) is 24.2 Å². The Labute approximate surface area is 119 Å². The van der Waals surface area contributed by atoms with Gasteiger partial charge >= 0.3 is 0 Å². The highest BCUT2D eigenvalue weighted by atomic mass is 16.5. The summed E-state index contributed by atoms with van der Waals surface area (Å²) in [5.41, 5.74) is 6.15. The Morgan fingerprint density at radius 1 is 1.40 bits per heavy atom. The van der Waals surface area contributed by atoms with E-state index in [1.807, 2.05) is 18.2 Å². The van der Waals surface area contributed by atoms with E-state index >= 15 is 0 Å². The maximum absolute atomic E-state index is 10.9. The van der Waals surface area contributed by atoms with Gasteiger partial charge in [-0.3, -0.25) is 4.79 Å². The van der Waals surface area contributed by atoms with Crippen LogP contribution in [0.25, 0.3) is 0 Å². The molecule has 1 aliphatic carbocycles. The number of rotatable bonds is 9. The van der Waals surface area contributed by atoms with Crippen molar-refractivity contribution in [3.63, 3.8) is 0 Å². The molecule has 0 bridgehead atoms. The summed E-state index contributed by atoms with van der Waals surface area (Å²) in [6, 6.07) is 6.34. The number of benzene rings is 1. The number of nitrogens with two attached hydrogens (primary N) is 1. The highest BCUT2D eigenvalue weighted by Gasteiger charge is 2.20. The van der Waals surface area contributed by atoms with Gasteiger partial charge in [-0.1, -0.05) is 13.0 Å². The lowest BCUT2D eigenvalue weighted by atomic mass is 10.2. The van der Waals surface area contributed by atoms with E-state index in [0.717, 1.165) is 24.3 Å². The molecule has 1 aliphatic rings. The van der Waals surface area contributed by atoms with Crippen molar-refractivity contribution in [1.29, 1.82) is 0 Å². The number of ether oxygens (including phenoxy) is 2. The molecule has 1 fully saturated rings. The van der Waals surface area contributed by atoms with Crippen LogP contribution in [0.1, 0.15) is 31.7 Å². The number of hydrogen-bond donors (Lipinski definition) is 2. The molecule has 2 rings (SSSR count). The minimum absolute atomic E-state index is 0.117.